The quantitative estimate of drug-likeness (QED) is 0.613. The molecule has 3 aromatic rings. The van der Waals surface area contributed by atoms with Crippen LogP contribution in [0.15, 0.2) is 54.7 Å². The molecule has 2 aromatic heterocycles. The number of hydrogen-bond donors (Lipinski definition) is 1. The molecule has 1 atom stereocenters. The van der Waals surface area contributed by atoms with E-state index in [1.54, 1.807) is 18.9 Å². The molecule has 0 bridgehead atoms. The molecule has 32 heavy (non-hydrogen) atoms. The average Bonchev–Trinajstić information content (AvgIpc) is 3.28. The van der Waals surface area contributed by atoms with Crippen molar-refractivity contribution in [2.75, 3.05) is 26.0 Å². The predicted octanol–water partition coefficient (Wildman–Crippen LogP) is 3.90. The third-order valence-corrected chi connectivity index (χ3v) is 5.95. The first-order valence-corrected chi connectivity index (χ1v) is 11.0. The van der Waals surface area contributed by atoms with Gasteiger partial charge in [-0.15, -0.1) is 0 Å². The topological polar surface area (TPSA) is 74.2 Å². The number of carbonyl (C=O) groups excluding carboxylic acids is 1. The van der Waals surface area contributed by atoms with E-state index >= 15 is 0 Å². The summed E-state index contributed by atoms with van der Waals surface area (Å²) in [7, 11) is 3.65. The molecule has 4 rings (SSSR count). The molecule has 1 N–H and O–H groups in total. The first kappa shape index (κ1) is 21.9. The third-order valence-electron chi connectivity index (χ3n) is 5.95. The van der Waals surface area contributed by atoms with Gasteiger partial charge in [-0.25, -0.2) is 9.97 Å². The normalized spacial score (nSPS) is 16.2. The van der Waals surface area contributed by atoms with Crippen LogP contribution in [0.3, 0.4) is 0 Å². The summed E-state index contributed by atoms with van der Waals surface area (Å²) in [6, 6.07) is 16.7. The Morgan fingerprint density at radius 2 is 2.00 bits per heavy atom. The largest absolute Gasteiger partial charge is 0.373 e. The van der Waals surface area contributed by atoms with Gasteiger partial charge in [-0.1, -0.05) is 30.3 Å². The molecular weight excluding hydrogens is 400 g/mol. The zero-order valence-corrected chi connectivity index (χ0v) is 19.0. The number of benzene rings is 1. The van der Waals surface area contributed by atoms with E-state index in [4.69, 9.17) is 9.97 Å². The van der Waals surface area contributed by atoms with Crippen LogP contribution in [0.5, 0.6) is 0 Å². The maximum Gasteiger partial charge on any atom is 0.219 e. The molecule has 166 valence electrons. The Hall–Kier alpha value is -3.32. The molecule has 1 saturated heterocycles. The number of pyridine rings is 1. The van der Waals surface area contributed by atoms with Gasteiger partial charge in [0.15, 0.2) is 0 Å². The van der Waals surface area contributed by atoms with Crippen LogP contribution in [0.1, 0.15) is 42.9 Å². The number of rotatable bonds is 7. The zero-order valence-electron chi connectivity index (χ0n) is 19.0. The van der Waals surface area contributed by atoms with Crippen molar-refractivity contribution < 1.29 is 4.79 Å². The van der Waals surface area contributed by atoms with E-state index in [0.717, 1.165) is 54.5 Å². The van der Waals surface area contributed by atoms with Crippen molar-refractivity contribution in [1.82, 2.24) is 24.8 Å². The number of anilines is 1. The molecule has 0 spiro atoms. The minimum Gasteiger partial charge on any atom is -0.373 e. The first-order valence-electron chi connectivity index (χ1n) is 11.0. The van der Waals surface area contributed by atoms with Crippen molar-refractivity contribution in [3.63, 3.8) is 0 Å². The smallest absolute Gasteiger partial charge is 0.219 e. The summed E-state index contributed by atoms with van der Waals surface area (Å²) >= 11 is 0. The van der Waals surface area contributed by atoms with Crippen LogP contribution in [0, 0.1) is 0 Å². The molecule has 7 heteroatoms. The van der Waals surface area contributed by atoms with E-state index in [1.807, 2.05) is 37.5 Å². The Morgan fingerprint density at radius 3 is 2.69 bits per heavy atom. The van der Waals surface area contributed by atoms with Crippen LogP contribution in [0.4, 0.5) is 5.82 Å². The summed E-state index contributed by atoms with van der Waals surface area (Å²) < 4.78 is 0. The number of aromatic nitrogens is 3. The van der Waals surface area contributed by atoms with E-state index < -0.39 is 0 Å². The summed E-state index contributed by atoms with van der Waals surface area (Å²) in [6.07, 6.45) is 3.97. The number of nitrogens with zero attached hydrogens (tertiary/aromatic N) is 5. The summed E-state index contributed by atoms with van der Waals surface area (Å²) in [5.41, 5.74) is 4.22. The number of amides is 1. The van der Waals surface area contributed by atoms with Crippen LogP contribution in [0.2, 0.25) is 0 Å². The summed E-state index contributed by atoms with van der Waals surface area (Å²) in [5, 5.41) is 3.14. The van der Waals surface area contributed by atoms with E-state index in [9.17, 15) is 4.79 Å². The molecule has 1 aliphatic heterocycles. The second-order valence-electron chi connectivity index (χ2n) is 8.27. The lowest BCUT2D eigenvalue weighted by atomic mass is 10.1. The lowest BCUT2D eigenvalue weighted by Crippen LogP contribution is -2.26. The second-order valence-corrected chi connectivity index (χ2v) is 8.27. The van der Waals surface area contributed by atoms with Gasteiger partial charge in [-0.3, -0.25) is 14.7 Å². The van der Waals surface area contributed by atoms with E-state index in [-0.39, 0.29) is 11.9 Å². The number of nitrogens with one attached hydrogen (secondary N) is 1. The fourth-order valence-electron chi connectivity index (χ4n) is 4.09. The monoisotopic (exact) mass is 430 g/mol. The minimum absolute atomic E-state index is 0.0211. The van der Waals surface area contributed by atoms with Gasteiger partial charge in [0.05, 0.1) is 24.0 Å². The van der Waals surface area contributed by atoms with Crippen LogP contribution in [-0.2, 0) is 17.9 Å². The van der Waals surface area contributed by atoms with Crippen LogP contribution < -0.4 is 5.32 Å². The fraction of sp³-hybridized carbons (Fsp3) is 0.360. The van der Waals surface area contributed by atoms with Crippen molar-refractivity contribution in [2.45, 2.75) is 38.9 Å². The highest BCUT2D eigenvalue weighted by atomic mass is 16.2. The van der Waals surface area contributed by atoms with Gasteiger partial charge in [-0.05, 0) is 37.1 Å². The van der Waals surface area contributed by atoms with Gasteiger partial charge in [-0.2, -0.15) is 0 Å². The maximum atomic E-state index is 11.7. The van der Waals surface area contributed by atoms with Crippen molar-refractivity contribution in [1.29, 1.82) is 0 Å². The Bertz CT molecular complexity index is 1050. The standard InChI is InChI=1S/C25H30N6O/c1-18(32)30(3)17-21-15-24(26-2)29-25(28-21)23-8-6-14-31(23)16-19-9-11-20(12-10-19)22-7-4-5-13-27-22/h4-5,7,9-13,15,23H,6,8,14,16-17H2,1-3H3,(H,26,28,29)/t23-/m1/s1. The lowest BCUT2D eigenvalue weighted by molar-refractivity contribution is -0.128. The molecule has 0 aliphatic carbocycles. The molecule has 0 saturated carbocycles. The van der Waals surface area contributed by atoms with Crippen molar-refractivity contribution in [3.05, 3.63) is 71.8 Å². The maximum absolute atomic E-state index is 11.7. The van der Waals surface area contributed by atoms with Gasteiger partial charge in [0.1, 0.15) is 11.6 Å². The Kier molecular flexibility index (Phi) is 6.75. The average molecular weight is 431 g/mol. The van der Waals surface area contributed by atoms with Crippen LogP contribution >= 0.6 is 0 Å². The Labute approximate surface area is 189 Å². The third kappa shape index (κ3) is 5.11. The van der Waals surface area contributed by atoms with Crippen molar-refractivity contribution in [2.24, 2.45) is 0 Å². The van der Waals surface area contributed by atoms with Crippen LogP contribution in [-0.4, -0.2) is 51.3 Å². The zero-order chi connectivity index (χ0) is 22.5. The molecule has 3 heterocycles. The fourth-order valence-corrected chi connectivity index (χ4v) is 4.09. The molecule has 0 unspecified atom stereocenters. The van der Waals surface area contributed by atoms with Gasteiger partial charge < -0.3 is 10.2 Å². The highest BCUT2D eigenvalue weighted by Crippen LogP contribution is 2.32. The van der Waals surface area contributed by atoms with E-state index in [2.05, 4.69) is 39.5 Å². The molecule has 0 radical (unpaired) electrons. The summed E-state index contributed by atoms with van der Waals surface area (Å²) in [4.78, 5) is 29.8. The number of likely N-dealkylation sites (tertiary alicyclic amines) is 1. The Morgan fingerprint density at radius 1 is 1.19 bits per heavy atom. The van der Waals surface area contributed by atoms with Gasteiger partial charge in [0.25, 0.3) is 0 Å². The summed E-state index contributed by atoms with van der Waals surface area (Å²) in [6.45, 7) is 3.91. The van der Waals surface area contributed by atoms with Crippen molar-refractivity contribution >= 4 is 11.7 Å². The molecule has 1 fully saturated rings. The Balaban J connectivity index is 1.51. The van der Waals surface area contributed by atoms with Gasteiger partial charge >= 0.3 is 0 Å². The molecule has 1 aliphatic rings. The molecule has 1 amide bonds. The lowest BCUT2D eigenvalue weighted by Gasteiger charge is -2.24. The summed E-state index contributed by atoms with van der Waals surface area (Å²) in [5.74, 6) is 1.63. The highest BCUT2D eigenvalue weighted by molar-refractivity contribution is 5.72. The van der Waals surface area contributed by atoms with E-state index in [1.165, 1.54) is 5.56 Å². The van der Waals surface area contributed by atoms with Crippen LogP contribution in [0.25, 0.3) is 11.3 Å². The molecular formula is C25H30N6O. The highest BCUT2D eigenvalue weighted by Gasteiger charge is 2.29. The van der Waals surface area contributed by atoms with Crippen molar-refractivity contribution in [3.8, 4) is 11.3 Å². The molecule has 1 aromatic carbocycles. The van der Waals surface area contributed by atoms with E-state index in [0.29, 0.717) is 6.54 Å². The van der Waals surface area contributed by atoms with Gasteiger partial charge in [0, 0.05) is 45.4 Å². The first-order chi connectivity index (χ1) is 15.5. The van der Waals surface area contributed by atoms with Gasteiger partial charge in [0.2, 0.25) is 5.91 Å². The number of carbonyl (C=O) groups is 1. The number of hydrogen-bond acceptors (Lipinski definition) is 6. The molecule has 7 nitrogen and oxygen atoms in total. The predicted molar refractivity (Wildman–Crippen MR) is 126 cm³/mol. The second kappa shape index (κ2) is 9.87. The minimum atomic E-state index is 0.0211. The SMILES string of the molecule is CNc1cc(CN(C)C(C)=O)nc([C@H]2CCCN2Cc2ccc(-c3ccccn3)cc2)n1.